The molecule has 2 N–H and O–H groups in total. The summed E-state index contributed by atoms with van der Waals surface area (Å²) in [5.74, 6) is -0.261. The van der Waals surface area contributed by atoms with Crippen molar-refractivity contribution in [1.29, 1.82) is 0 Å². The fourth-order valence-corrected chi connectivity index (χ4v) is 1.06. The summed E-state index contributed by atoms with van der Waals surface area (Å²) >= 11 is 1.43. The van der Waals surface area contributed by atoms with Gasteiger partial charge in [0.1, 0.15) is 11.9 Å². The van der Waals surface area contributed by atoms with Crippen LogP contribution in [0, 0.1) is 0 Å². The highest BCUT2D eigenvalue weighted by atomic mass is 35.5. The fraction of sp³-hybridized carbons (Fsp3) is 0.333. The first-order valence-corrected chi connectivity index (χ1v) is 4.02. The van der Waals surface area contributed by atoms with Crippen molar-refractivity contribution in [3.05, 3.63) is 10.9 Å². The molecular weight excluding hydrogens is 235 g/mol. The summed E-state index contributed by atoms with van der Waals surface area (Å²) in [5.41, 5.74) is 1.65. The second kappa shape index (κ2) is 6.94. The average Bonchev–Trinajstić information content (AvgIpc) is 2.39. The van der Waals surface area contributed by atoms with E-state index in [2.05, 4.69) is 10.3 Å². The molecule has 0 unspecified atom stereocenters. The molecule has 0 spiro atoms. The molecule has 1 atom stereocenters. The molecule has 0 saturated carbocycles. The van der Waals surface area contributed by atoms with E-state index < -0.39 is 12.0 Å². The number of aliphatic carboxylic acids is 1. The molecule has 1 rings (SSSR count). The Morgan fingerprint density at radius 1 is 1.69 bits per heavy atom. The van der Waals surface area contributed by atoms with Crippen LogP contribution in [0.5, 0.6) is 0 Å². The van der Waals surface area contributed by atoms with E-state index in [1.807, 2.05) is 0 Å². The average molecular weight is 245 g/mol. The summed E-state index contributed by atoms with van der Waals surface area (Å²) in [6, 6.07) is -0.586. The highest BCUT2D eigenvalue weighted by molar-refractivity contribution is 7.07. The first kappa shape index (κ1) is 15.0. The Morgan fingerprint density at radius 2 is 2.31 bits per heavy atom. The van der Waals surface area contributed by atoms with Gasteiger partial charge in [0, 0.05) is 5.38 Å². The predicted octanol–water partition coefficient (Wildman–Crippen LogP) is 1.87. The van der Waals surface area contributed by atoms with Crippen LogP contribution in [-0.2, 0) is 4.79 Å². The minimum Gasteiger partial charge on any atom is -0.480 e. The van der Waals surface area contributed by atoms with Crippen LogP contribution in [0.4, 0.5) is 5.82 Å². The number of anilines is 1. The third-order valence-electron chi connectivity index (χ3n) is 1.17. The van der Waals surface area contributed by atoms with Gasteiger partial charge in [-0.05, 0) is 6.92 Å². The van der Waals surface area contributed by atoms with Gasteiger partial charge in [-0.2, -0.15) is 0 Å². The maximum atomic E-state index is 10.3. The van der Waals surface area contributed by atoms with Crippen molar-refractivity contribution >= 4 is 47.9 Å². The van der Waals surface area contributed by atoms with Crippen LogP contribution in [0.15, 0.2) is 10.9 Å². The monoisotopic (exact) mass is 244 g/mol. The molecule has 0 aliphatic heterocycles. The number of nitrogens with one attached hydrogen (secondary N) is 1. The van der Waals surface area contributed by atoms with Gasteiger partial charge >= 0.3 is 5.97 Å². The highest BCUT2D eigenvalue weighted by Gasteiger charge is 2.09. The van der Waals surface area contributed by atoms with Crippen molar-refractivity contribution in [2.24, 2.45) is 0 Å². The quantitative estimate of drug-likeness (QED) is 0.853. The number of carboxylic acids is 1. The maximum Gasteiger partial charge on any atom is 0.325 e. The van der Waals surface area contributed by atoms with E-state index in [0.717, 1.165) is 0 Å². The van der Waals surface area contributed by atoms with Crippen LogP contribution in [-0.4, -0.2) is 22.1 Å². The summed E-state index contributed by atoms with van der Waals surface area (Å²) in [6.07, 6.45) is 0. The van der Waals surface area contributed by atoms with Gasteiger partial charge in [0.2, 0.25) is 0 Å². The first-order valence-electron chi connectivity index (χ1n) is 3.07. The van der Waals surface area contributed by atoms with E-state index in [1.54, 1.807) is 17.8 Å². The number of aromatic nitrogens is 1. The van der Waals surface area contributed by atoms with Crippen LogP contribution in [0.1, 0.15) is 6.92 Å². The third-order valence-corrected chi connectivity index (χ3v) is 1.75. The van der Waals surface area contributed by atoms with Gasteiger partial charge in [0.05, 0.1) is 5.51 Å². The lowest BCUT2D eigenvalue weighted by Gasteiger charge is -2.06. The minimum absolute atomic E-state index is 0. The Labute approximate surface area is 92.2 Å². The van der Waals surface area contributed by atoms with E-state index in [0.29, 0.717) is 5.82 Å². The van der Waals surface area contributed by atoms with Crippen molar-refractivity contribution in [2.75, 3.05) is 5.32 Å². The van der Waals surface area contributed by atoms with Crippen LogP contribution < -0.4 is 5.32 Å². The number of halogens is 2. The molecule has 0 bridgehead atoms. The second-order valence-corrected chi connectivity index (χ2v) is 2.80. The lowest BCUT2D eigenvalue weighted by atomic mass is 10.3. The Hall–Kier alpha value is -0.520. The third kappa shape index (κ3) is 4.92. The van der Waals surface area contributed by atoms with Crippen LogP contribution in [0.25, 0.3) is 0 Å². The maximum absolute atomic E-state index is 10.3. The standard InChI is InChI=1S/C6H8N2O2S.2ClH/c1-4(6(9)10)8-5-2-11-3-7-5;;/h2-4,8H,1H3,(H,9,10);2*1H/t4-;;/m0../s1. The zero-order valence-electron chi connectivity index (χ0n) is 6.76. The Kier molecular flexibility index (Phi) is 7.99. The van der Waals surface area contributed by atoms with Gasteiger partial charge in [0.15, 0.2) is 0 Å². The molecule has 1 aromatic rings. The summed E-state index contributed by atoms with van der Waals surface area (Å²) in [6.45, 7) is 1.57. The van der Waals surface area contributed by atoms with Gasteiger partial charge in [-0.15, -0.1) is 36.2 Å². The largest absolute Gasteiger partial charge is 0.480 e. The normalized spacial score (nSPS) is 10.5. The number of carbonyl (C=O) groups is 1. The molecule has 0 amide bonds. The molecule has 0 aromatic carbocycles. The van der Waals surface area contributed by atoms with Crippen molar-refractivity contribution in [3.63, 3.8) is 0 Å². The second-order valence-electron chi connectivity index (χ2n) is 2.08. The summed E-state index contributed by atoms with van der Waals surface area (Å²) in [5, 5.41) is 13.0. The van der Waals surface area contributed by atoms with Crippen LogP contribution in [0.2, 0.25) is 0 Å². The number of carboxylic acid groups (broad SMARTS) is 1. The molecular formula is C6H10Cl2N2O2S. The van der Waals surface area contributed by atoms with Crippen molar-refractivity contribution < 1.29 is 9.90 Å². The van der Waals surface area contributed by atoms with E-state index in [-0.39, 0.29) is 24.8 Å². The minimum atomic E-state index is -0.877. The number of hydrogen-bond acceptors (Lipinski definition) is 4. The summed E-state index contributed by atoms with van der Waals surface area (Å²) in [7, 11) is 0. The van der Waals surface area contributed by atoms with Crippen LogP contribution >= 0.6 is 36.2 Å². The smallest absolute Gasteiger partial charge is 0.325 e. The van der Waals surface area contributed by atoms with Gasteiger partial charge in [-0.3, -0.25) is 4.79 Å². The number of rotatable bonds is 3. The Morgan fingerprint density at radius 3 is 2.69 bits per heavy atom. The first-order chi connectivity index (χ1) is 5.20. The molecule has 76 valence electrons. The molecule has 0 aliphatic carbocycles. The molecule has 0 radical (unpaired) electrons. The van der Waals surface area contributed by atoms with E-state index >= 15 is 0 Å². The number of hydrogen-bond donors (Lipinski definition) is 2. The van der Waals surface area contributed by atoms with E-state index in [1.165, 1.54) is 11.3 Å². The van der Waals surface area contributed by atoms with E-state index in [4.69, 9.17) is 5.11 Å². The zero-order chi connectivity index (χ0) is 8.27. The van der Waals surface area contributed by atoms with Crippen molar-refractivity contribution in [3.8, 4) is 0 Å². The van der Waals surface area contributed by atoms with Crippen molar-refractivity contribution in [1.82, 2.24) is 4.98 Å². The Bertz CT molecular complexity index is 243. The molecule has 0 aliphatic rings. The van der Waals surface area contributed by atoms with E-state index in [9.17, 15) is 4.79 Å². The van der Waals surface area contributed by atoms with Crippen LogP contribution in [0.3, 0.4) is 0 Å². The zero-order valence-corrected chi connectivity index (χ0v) is 9.21. The molecule has 13 heavy (non-hydrogen) atoms. The SMILES string of the molecule is C[C@H](Nc1cscn1)C(=O)O.Cl.Cl. The molecule has 0 fully saturated rings. The predicted molar refractivity (Wildman–Crippen MR) is 57.3 cm³/mol. The lowest BCUT2D eigenvalue weighted by Crippen LogP contribution is -2.25. The summed E-state index contributed by atoms with van der Waals surface area (Å²) < 4.78 is 0. The molecule has 0 saturated heterocycles. The molecule has 1 heterocycles. The van der Waals surface area contributed by atoms with Crippen molar-refractivity contribution in [2.45, 2.75) is 13.0 Å². The topological polar surface area (TPSA) is 62.2 Å². The number of nitrogens with zero attached hydrogens (tertiary/aromatic N) is 1. The molecule has 4 nitrogen and oxygen atoms in total. The van der Waals surface area contributed by atoms with Gasteiger partial charge in [-0.1, -0.05) is 0 Å². The highest BCUT2D eigenvalue weighted by Crippen LogP contribution is 2.07. The Balaban J connectivity index is 0. The van der Waals surface area contributed by atoms with Gasteiger partial charge in [-0.25, -0.2) is 4.98 Å². The molecule has 7 heteroatoms. The summed E-state index contributed by atoms with van der Waals surface area (Å²) in [4.78, 5) is 14.2. The molecule has 1 aromatic heterocycles. The number of thiazole rings is 1. The lowest BCUT2D eigenvalue weighted by molar-refractivity contribution is -0.137. The van der Waals surface area contributed by atoms with Gasteiger partial charge < -0.3 is 10.4 Å². The van der Waals surface area contributed by atoms with Gasteiger partial charge in [0.25, 0.3) is 0 Å². The fourth-order valence-electron chi connectivity index (χ4n) is 0.567.